The molecule has 2 aliphatic carbocycles. The zero-order chi connectivity index (χ0) is 19.9. The van der Waals surface area contributed by atoms with Gasteiger partial charge in [0.1, 0.15) is 5.82 Å². The second-order valence-corrected chi connectivity index (χ2v) is 8.08. The molecule has 4 nitrogen and oxygen atoms in total. The van der Waals surface area contributed by atoms with Crippen LogP contribution in [-0.4, -0.2) is 19.0 Å². The Morgan fingerprint density at radius 1 is 1.07 bits per heavy atom. The number of ether oxygens (including phenoxy) is 1. The van der Waals surface area contributed by atoms with Gasteiger partial charge >= 0.3 is 5.97 Å². The molecule has 2 aromatic carbocycles. The van der Waals surface area contributed by atoms with E-state index in [1.54, 1.807) is 0 Å². The molecular formula is C23H24FNO3. The van der Waals surface area contributed by atoms with Crippen molar-refractivity contribution < 1.29 is 18.7 Å². The number of amides is 1. The van der Waals surface area contributed by atoms with Crippen LogP contribution in [0, 0.1) is 5.82 Å². The maximum Gasteiger partial charge on any atom is 0.340 e. The lowest BCUT2D eigenvalue weighted by Crippen LogP contribution is -2.33. The third kappa shape index (κ3) is 3.19. The second-order valence-electron chi connectivity index (χ2n) is 8.08. The third-order valence-electron chi connectivity index (χ3n) is 6.15. The molecule has 0 bridgehead atoms. The van der Waals surface area contributed by atoms with Gasteiger partial charge in [0.25, 0.3) is 5.91 Å². The first kappa shape index (κ1) is 18.7. The Hall–Kier alpha value is -2.69. The fourth-order valence-electron chi connectivity index (χ4n) is 4.85. The van der Waals surface area contributed by atoms with Gasteiger partial charge in [-0.1, -0.05) is 6.92 Å². The molecule has 0 aliphatic heterocycles. The smallest absolute Gasteiger partial charge is 0.340 e. The molecule has 0 saturated heterocycles. The van der Waals surface area contributed by atoms with E-state index in [9.17, 15) is 14.0 Å². The van der Waals surface area contributed by atoms with Crippen LogP contribution in [0.2, 0.25) is 0 Å². The Balaban J connectivity index is 1.61. The fourth-order valence-corrected chi connectivity index (χ4v) is 4.85. The van der Waals surface area contributed by atoms with Crippen molar-refractivity contribution in [3.05, 3.63) is 64.0 Å². The molecule has 4 rings (SSSR count). The van der Waals surface area contributed by atoms with E-state index in [4.69, 9.17) is 0 Å². The van der Waals surface area contributed by atoms with E-state index in [-0.39, 0.29) is 16.9 Å². The normalized spacial score (nSPS) is 16.8. The van der Waals surface area contributed by atoms with E-state index < -0.39 is 11.8 Å². The minimum atomic E-state index is -0.743. The number of carbonyl (C=O) groups excluding carboxylic acids is 2. The topological polar surface area (TPSA) is 55.4 Å². The van der Waals surface area contributed by atoms with Gasteiger partial charge in [-0.05, 0) is 91.0 Å². The molecule has 0 unspecified atom stereocenters. The van der Waals surface area contributed by atoms with Gasteiger partial charge in [0, 0.05) is 11.3 Å². The summed E-state index contributed by atoms with van der Waals surface area (Å²) in [5.41, 5.74) is 5.02. The number of methoxy groups -OCH3 is 1. The van der Waals surface area contributed by atoms with Crippen LogP contribution in [0.4, 0.5) is 10.1 Å². The van der Waals surface area contributed by atoms with E-state index in [0.717, 1.165) is 31.7 Å². The average Bonchev–Trinajstić information content (AvgIpc) is 2.67. The van der Waals surface area contributed by atoms with Crippen LogP contribution >= 0.6 is 0 Å². The van der Waals surface area contributed by atoms with E-state index in [2.05, 4.69) is 17.0 Å². The first-order valence-electron chi connectivity index (χ1n) is 9.77. The SMILES string of the molecule is COC(=O)c1ccc(NC(=O)c2cc3c4c(c2)CCCC4(C)CCC3)cc1F. The average molecular weight is 381 g/mol. The summed E-state index contributed by atoms with van der Waals surface area (Å²) >= 11 is 0. The Morgan fingerprint density at radius 2 is 1.71 bits per heavy atom. The predicted molar refractivity (Wildman–Crippen MR) is 105 cm³/mol. The number of halogens is 1. The number of nitrogens with one attached hydrogen (secondary N) is 1. The van der Waals surface area contributed by atoms with E-state index in [1.165, 1.54) is 48.8 Å². The van der Waals surface area contributed by atoms with E-state index in [1.807, 2.05) is 12.1 Å². The lowest BCUT2D eigenvalue weighted by Gasteiger charge is -2.41. The van der Waals surface area contributed by atoms with Crippen LogP contribution in [0.15, 0.2) is 30.3 Å². The Kier molecular flexibility index (Phi) is 4.69. The maximum atomic E-state index is 14.1. The molecule has 0 radical (unpaired) electrons. The number of aryl methyl sites for hydroxylation is 2. The summed E-state index contributed by atoms with van der Waals surface area (Å²) in [6, 6.07) is 7.96. The molecule has 2 aromatic rings. The van der Waals surface area contributed by atoms with Crippen molar-refractivity contribution in [1.29, 1.82) is 0 Å². The molecule has 1 N–H and O–H groups in total. The summed E-state index contributed by atoms with van der Waals surface area (Å²) in [5.74, 6) is -1.73. The van der Waals surface area contributed by atoms with E-state index >= 15 is 0 Å². The van der Waals surface area contributed by atoms with E-state index in [0.29, 0.717) is 11.3 Å². The molecule has 146 valence electrons. The summed E-state index contributed by atoms with van der Waals surface area (Å²) in [6.45, 7) is 2.35. The molecule has 0 saturated carbocycles. The monoisotopic (exact) mass is 381 g/mol. The summed E-state index contributed by atoms with van der Waals surface area (Å²) < 4.78 is 18.7. The molecule has 0 heterocycles. The quantitative estimate of drug-likeness (QED) is 0.778. The molecule has 0 fully saturated rings. The largest absolute Gasteiger partial charge is 0.465 e. The summed E-state index contributed by atoms with van der Waals surface area (Å²) in [7, 11) is 1.20. The number of anilines is 1. The minimum absolute atomic E-state index is 0.155. The van der Waals surface area contributed by atoms with Gasteiger partial charge in [0.05, 0.1) is 12.7 Å². The molecule has 2 aliphatic rings. The first-order valence-corrected chi connectivity index (χ1v) is 9.77. The highest BCUT2D eigenvalue weighted by Gasteiger charge is 2.36. The van der Waals surface area contributed by atoms with Gasteiger partial charge in [-0.25, -0.2) is 9.18 Å². The van der Waals surface area contributed by atoms with Crippen molar-refractivity contribution in [2.45, 2.75) is 50.9 Å². The molecule has 0 spiro atoms. The number of benzene rings is 2. The molecule has 5 heteroatoms. The standard InChI is InChI=1S/C23H24FNO3/c1-23-9-3-5-14-11-16(12-15(20(14)23)6-4-10-23)21(26)25-17-7-8-18(19(24)13-17)22(27)28-2/h7-8,11-13H,3-6,9-10H2,1-2H3,(H,25,26). The van der Waals surface area contributed by atoms with Crippen LogP contribution in [0.5, 0.6) is 0 Å². The van der Waals surface area contributed by atoms with Crippen LogP contribution in [0.25, 0.3) is 0 Å². The number of hydrogen-bond donors (Lipinski definition) is 1. The summed E-state index contributed by atoms with van der Waals surface area (Å²) in [4.78, 5) is 24.3. The fraction of sp³-hybridized carbons (Fsp3) is 0.391. The van der Waals surface area contributed by atoms with Crippen molar-refractivity contribution in [3.63, 3.8) is 0 Å². The number of carbonyl (C=O) groups is 2. The molecule has 0 aromatic heterocycles. The summed E-state index contributed by atoms with van der Waals surface area (Å²) in [5, 5.41) is 2.75. The molecule has 0 atom stereocenters. The predicted octanol–water partition coefficient (Wildman–Crippen LogP) is 4.79. The van der Waals surface area contributed by atoms with Crippen molar-refractivity contribution in [1.82, 2.24) is 0 Å². The molecular weight excluding hydrogens is 357 g/mol. The lowest BCUT2D eigenvalue weighted by molar-refractivity contribution is 0.0595. The van der Waals surface area contributed by atoms with Gasteiger partial charge < -0.3 is 10.1 Å². The molecule has 1 amide bonds. The molecule has 28 heavy (non-hydrogen) atoms. The second kappa shape index (κ2) is 7.04. The van der Waals surface area contributed by atoms with Crippen molar-refractivity contribution in [3.8, 4) is 0 Å². The van der Waals surface area contributed by atoms with Crippen LogP contribution in [0.3, 0.4) is 0 Å². The zero-order valence-electron chi connectivity index (χ0n) is 16.2. The van der Waals surface area contributed by atoms with Gasteiger partial charge in [-0.15, -0.1) is 0 Å². The van der Waals surface area contributed by atoms with Crippen molar-refractivity contribution >= 4 is 17.6 Å². The van der Waals surface area contributed by atoms with Crippen LogP contribution < -0.4 is 5.32 Å². The van der Waals surface area contributed by atoms with Gasteiger partial charge in [0.2, 0.25) is 0 Å². The Labute approximate surface area is 164 Å². The van der Waals surface area contributed by atoms with Gasteiger partial charge in [0.15, 0.2) is 0 Å². The highest BCUT2D eigenvalue weighted by atomic mass is 19.1. The zero-order valence-corrected chi connectivity index (χ0v) is 16.2. The van der Waals surface area contributed by atoms with Crippen LogP contribution in [-0.2, 0) is 23.0 Å². The lowest BCUT2D eigenvalue weighted by atomic mass is 9.63. The van der Waals surface area contributed by atoms with Crippen molar-refractivity contribution in [2.75, 3.05) is 12.4 Å². The number of esters is 1. The number of rotatable bonds is 3. The number of hydrogen-bond acceptors (Lipinski definition) is 3. The van der Waals surface area contributed by atoms with Gasteiger partial charge in [-0.2, -0.15) is 0 Å². The highest BCUT2D eigenvalue weighted by molar-refractivity contribution is 6.05. The minimum Gasteiger partial charge on any atom is -0.465 e. The van der Waals surface area contributed by atoms with Crippen LogP contribution in [0.1, 0.15) is 70.0 Å². The third-order valence-corrected chi connectivity index (χ3v) is 6.15. The first-order chi connectivity index (χ1) is 13.4. The Bertz CT molecular complexity index is 935. The van der Waals surface area contributed by atoms with Crippen molar-refractivity contribution in [2.24, 2.45) is 0 Å². The summed E-state index contributed by atoms with van der Waals surface area (Å²) in [6.07, 6.45) is 6.72. The highest BCUT2D eigenvalue weighted by Crippen LogP contribution is 2.46. The Morgan fingerprint density at radius 3 is 2.29 bits per heavy atom. The maximum absolute atomic E-state index is 14.1. The van der Waals surface area contributed by atoms with Gasteiger partial charge in [-0.3, -0.25) is 4.79 Å².